The lowest BCUT2D eigenvalue weighted by Gasteiger charge is -2.39. The fourth-order valence-electron chi connectivity index (χ4n) is 3.32. The Balaban J connectivity index is 1.54. The van der Waals surface area contributed by atoms with Crippen molar-refractivity contribution in [3.63, 3.8) is 0 Å². The molecule has 0 aromatic heterocycles. The summed E-state index contributed by atoms with van der Waals surface area (Å²) >= 11 is 0. The zero-order valence-electron chi connectivity index (χ0n) is 12.9. The molecule has 2 heterocycles. The molecule has 0 radical (unpaired) electrons. The minimum absolute atomic E-state index is 0.326. The highest BCUT2D eigenvalue weighted by Crippen LogP contribution is 2.30. The Hall–Kier alpha value is -1.06. The summed E-state index contributed by atoms with van der Waals surface area (Å²) in [6, 6.07) is 6.53. The summed E-state index contributed by atoms with van der Waals surface area (Å²) in [5, 5.41) is 3.46. The van der Waals surface area contributed by atoms with Crippen molar-refractivity contribution in [3.05, 3.63) is 29.3 Å². The fourth-order valence-corrected chi connectivity index (χ4v) is 3.32. The summed E-state index contributed by atoms with van der Waals surface area (Å²) in [4.78, 5) is 2.56. The molecule has 110 valence electrons. The molecule has 1 fully saturated rings. The zero-order valence-corrected chi connectivity index (χ0v) is 12.9. The van der Waals surface area contributed by atoms with Gasteiger partial charge in [0.15, 0.2) is 0 Å². The van der Waals surface area contributed by atoms with Crippen molar-refractivity contribution < 1.29 is 4.74 Å². The third kappa shape index (κ3) is 2.84. The monoisotopic (exact) mass is 274 g/mol. The van der Waals surface area contributed by atoms with E-state index in [1.165, 1.54) is 37.1 Å². The normalized spacial score (nSPS) is 25.2. The molecule has 3 nitrogen and oxygen atoms in total. The molecule has 1 saturated heterocycles. The number of hydrogen-bond donors (Lipinski definition) is 1. The Labute approximate surface area is 122 Å². The first kappa shape index (κ1) is 13.9. The second-order valence-corrected chi connectivity index (χ2v) is 6.67. The molecule has 1 aromatic rings. The number of nitrogens with zero attached hydrogens (tertiary/aromatic N) is 1. The molecule has 0 aliphatic carbocycles. The second kappa shape index (κ2) is 5.38. The lowest BCUT2D eigenvalue weighted by molar-refractivity contribution is 0.102. The van der Waals surface area contributed by atoms with Gasteiger partial charge in [-0.05, 0) is 45.4 Å². The van der Waals surface area contributed by atoms with Gasteiger partial charge in [0, 0.05) is 31.6 Å². The van der Waals surface area contributed by atoms with E-state index in [1.807, 2.05) is 0 Å². The van der Waals surface area contributed by atoms with Crippen LogP contribution in [0.3, 0.4) is 0 Å². The van der Waals surface area contributed by atoms with Crippen LogP contribution in [0, 0.1) is 6.92 Å². The van der Waals surface area contributed by atoms with Gasteiger partial charge in [-0.25, -0.2) is 0 Å². The molecule has 3 rings (SSSR count). The van der Waals surface area contributed by atoms with E-state index in [4.69, 9.17) is 4.74 Å². The molecule has 1 atom stereocenters. The molecule has 1 aromatic carbocycles. The van der Waals surface area contributed by atoms with E-state index in [1.54, 1.807) is 0 Å². The van der Waals surface area contributed by atoms with Crippen molar-refractivity contribution in [2.24, 2.45) is 0 Å². The Bertz CT molecular complexity index is 478. The number of likely N-dealkylation sites (tertiary alicyclic amines) is 1. The summed E-state index contributed by atoms with van der Waals surface area (Å²) in [6.07, 6.45) is 3.85. The maximum atomic E-state index is 6.09. The molecule has 0 bridgehead atoms. The fraction of sp³-hybridized carbons (Fsp3) is 0.647. The van der Waals surface area contributed by atoms with E-state index in [2.05, 4.69) is 49.3 Å². The number of fused-ring (bicyclic) bond motifs is 1. The first-order valence-electron chi connectivity index (χ1n) is 7.75. The third-order valence-electron chi connectivity index (χ3n) is 4.98. The van der Waals surface area contributed by atoms with Gasteiger partial charge in [-0.1, -0.05) is 17.7 Å². The lowest BCUT2D eigenvalue weighted by Crippen LogP contribution is -2.51. The topological polar surface area (TPSA) is 24.5 Å². The van der Waals surface area contributed by atoms with E-state index in [9.17, 15) is 0 Å². The minimum Gasteiger partial charge on any atom is -0.488 e. The SMILES string of the molecule is CNC1(C)CCN(CC2Cc3cc(C)ccc3O2)CC1. The Morgan fingerprint density at radius 3 is 2.80 bits per heavy atom. The predicted octanol–water partition coefficient (Wildman–Crippen LogP) is 2.37. The Morgan fingerprint density at radius 2 is 2.10 bits per heavy atom. The number of aryl methyl sites for hydroxylation is 1. The number of benzene rings is 1. The number of piperidine rings is 1. The van der Waals surface area contributed by atoms with Gasteiger partial charge < -0.3 is 10.1 Å². The maximum absolute atomic E-state index is 6.09. The summed E-state index contributed by atoms with van der Waals surface area (Å²) in [5.41, 5.74) is 3.04. The van der Waals surface area contributed by atoms with E-state index < -0.39 is 0 Å². The summed E-state index contributed by atoms with van der Waals surface area (Å²) in [5.74, 6) is 1.10. The van der Waals surface area contributed by atoms with Crippen LogP contribution in [-0.4, -0.2) is 43.2 Å². The van der Waals surface area contributed by atoms with Crippen molar-refractivity contribution in [1.82, 2.24) is 10.2 Å². The molecule has 1 N–H and O–H groups in total. The number of hydrogen-bond acceptors (Lipinski definition) is 3. The minimum atomic E-state index is 0.326. The van der Waals surface area contributed by atoms with Crippen molar-refractivity contribution in [2.45, 2.75) is 44.8 Å². The molecule has 0 spiro atoms. The summed E-state index contributed by atoms with van der Waals surface area (Å²) < 4.78 is 6.09. The van der Waals surface area contributed by atoms with Gasteiger partial charge in [0.25, 0.3) is 0 Å². The Kier molecular flexibility index (Phi) is 3.74. The predicted molar refractivity (Wildman–Crippen MR) is 82.4 cm³/mol. The van der Waals surface area contributed by atoms with Gasteiger partial charge in [-0.2, -0.15) is 0 Å². The van der Waals surface area contributed by atoms with Crippen LogP contribution in [-0.2, 0) is 6.42 Å². The molecule has 0 saturated carbocycles. The quantitative estimate of drug-likeness (QED) is 0.916. The van der Waals surface area contributed by atoms with Crippen molar-refractivity contribution >= 4 is 0 Å². The van der Waals surface area contributed by atoms with Crippen molar-refractivity contribution in [2.75, 3.05) is 26.7 Å². The molecule has 2 aliphatic rings. The van der Waals surface area contributed by atoms with E-state index in [0.29, 0.717) is 11.6 Å². The van der Waals surface area contributed by atoms with Crippen LogP contribution < -0.4 is 10.1 Å². The van der Waals surface area contributed by atoms with E-state index in [-0.39, 0.29) is 0 Å². The molecule has 20 heavy (non-hydrogen) atoms. The van der Waals surface area contributed by atoms with E-state index in [0.717, 1.165) is 18.7 Å². The number of nitrogens with one attached hydrogen (secondary N) is 1. The maximum Gasteiger partial charge on any atom is 0.123 e. The molecule has 1 unspecified atom stereocenters. The van der Waals surface area contributed by atoms with Crippen LogP contribution in [0.15, 0.2) is 18.2 Å². The molecular weight excluding hydrogens is 248 g/mol. The second-order valence-electron chi connectivity index (χ2n) is 6.67. The van der Waals surface area contributed by atoms with Gasteiger partial charge >= 0.3 is 0 Å². The zero-order chi connectivity index (χ0) is 14.2. The number of ether oxygens (including phenoxy) is 1. The summed E-state index contributed by atoms with van der Waals surface area (Å²) in [7, 11) is 2.08. The smallest absolute Gasteiger partial charge is 0.123 e. The van der Waals surface area contributed by atoms with Crippen LogP contribution in [0.25, 0.3) is 0 Å². The van der Waals surface area contributed by atoms with Crippen LogP contribution >= 0.6 is 0 Å². The van der Waals surface area contributed by atoms with Crippen LogP contribution in [0.2, 0.25) is 0 Å². The number of rotatable bonds is 3. The van der Waals surface area contributed by atoms with Gasteiger partial charge in [-0.15, -0.1) is 0 Å². The van der Waals surface area contributed by atoms with Gasteiger partial charge in [-0.3, -0.25) is 4.90 Å². The highest BCUT2D eigenvalue weighted by atomic mass is 16.5. The highest BCUT2D eigenvalue weighted by Gasteiger charge is 2.31. The summed E-state index contributed by atoms with van der Waals surface area (Å²) in [6.45, 7) is 7.89. The van der Waals surface area contributed by atoms with Crippen LogP contribution in [0.4, 0.5) is 0 Å². The van der Waals surface area contributed by atoms with E-state index >= 15 is 0 Å². The molecular formula is C17H26N2O. The van der Waals surface area contributed by atoms with Crippen molar-refractivity contribution in [1.29, 1.82) is 0 Å². The van der Waals surface area contributed by atoms with Gasteiger partial charge in [0.05, 0.1) is 0 Å². The van der Waals surface area contributed by atoms with Gasteiger partial charge in [0.1, 0.15) is 11.9 Å². The highest BCUT2D eigenvalue weighted by molar-refractivity contribution is 5.40. The molecule has 3 heteroatoms. The standard InChI is InChI=1S/C17H26N2O/c1-13-4-5-16-14(10-13)11-15(20-16)12-19-8-6-17(2,18-3)7-9-19/h4-5,10,15,18H,6-9,11-12H2,1-3H3. The average molecular weight is 274 g/mol. The third-order valence-corrected chi connectivity index (χ3v) is 4.98. The largest absolute Gasteiger partial charge is 0.488 e. The molecule has 0 amide bonds. The Morgan fingerprint density at radius 1 is 1.35 bits per heavy atom. The average Bonchev–Trinajstić information content (AvgIpc) is 2.83. The van der Waals surface area contributed by atoms with Gasteiger partial charge in [0.2, 0.25) is 0 Å². The van der Waals surface area contributed by atoms with Crippen LogP contribution in [0.5, 0.6) is 5.75 Å². The first-order chi connectivity index (χ1) is 9.58. The van der Waals surface area contributed by atoms with Crippen molar-refractivity contribution in [3.8, 4) is 5.75 Å². The van der Waals surface area contributed by atoms with Crippen LogP contribution in [0.1, 0.15) is 30.9 Å². The first-order valence-corrected chi connectivity index (χ1v) is 7.75. The lowest BCUT2D eigenvalue weighted by atomic mass is 9.90. The molecule has 2 aliphatic heterocycles.